The molecule has 9 heteroatoms. The monoisotopic (exact) mass is 515 g/mol. The molecule has 0 aromatic heterocycles. The molecule has 0 unspecified atom stereocenters. The minimum absolute atomic E-state index is 0.0138. The lowest BCUT2D eigenvalue weighted by atomic mass is 9.81. The van der Waals surface area contributed by atoms with Crippen molar-refractivity contribution in [2.75, 3.05) is 33.3 Å². The third-order valence-electron chi connectivity index (χ3n) is 8.53. The number of allylic oxidation sites excluding steroid dienone is 2. The number of carbonyl (C=O) groups excluding carboxylic acids is 2. The first kappa shape index (κ1) is 27.1. The number of nitrogens with one attached hydrogen (secondary N) is 2. The molecule has 1 heterocycles. The van der Waals surface area contributed by atoms with Crippen molar-refractivity contribution in [3.8, 4) is 5.75 Å². The number of halogens is 1. The molecule has 0 radical (unpaired) electrons. The molecule has 1 aliphatic heterocycles. The van der Waals surface area contributed by atoms with Crippen LogP contribution in [0.3, 0.4) is 0 Å². The van der Waals surface area contributed by atoms with Gasteiger partial charge in [-0.05, 0) is 93.1 Å². The van der Waals surface area contributed by atoms with Gasteiger partial charge in [-0.3, -0.25) is 14.4 Å². The lowest BCUT2D eigenvalue weighted by Gasteiger charge is -2.26. The largest absolute Gasteiger partial charge is 0.494 e. The van der Waals surface area contributed by atoms with Crippen LogP contribution in [-0.4, -0.2) is 61.6 Å². The molecule has 3 N–H and O–H groups in total. The van der Waals surface area contributed by atoms with Crippen LogP contribution in [0, 0.1) is 34.9 Å². The van der Waals surface area contributed by atoms with E-state index in [1.807, 2.05) is 0 Å². The van der Waals surface area contributed by atoms with Crippen LogP contribution in [0.2, 0.25) is 0 Å². The molecule has 37 heavy (non-hydrogen) atoms. The van der Waals surface area contributed by atoms with Gasteiger partial charge in [0.05, 0.1) is 18.9 Å². The topological polar surface area (TPSA) is 108 Å². The molecule has 1 spiro atoms. The second kappa shape index (κ2) is 12.1. The van der Waals surface area contributed by atoms with Crippen molar-refractivity contribution in [1.82, 2.24) is 15.5 Å². The van der Waals surface area contributed by atoms with Crippen LogP contribution in [-0.2, 0) is 20.9 Å². The Morgan fingerprint density at radius 3 is 2.30 bits per heavy atom. The van der Waals surface area contributed by atoms with Crippen LogP contribution < -0.4 is 15.4 Å². The van der Waals surface area contributed by atoms with Crippen LogP contribution >= 0.6 is 0 Å². The first-order chi connectivity index (χ1) is 17.9. The number of ether oxygens (including phenoxy) is 1. The van der Waals surface area contributed by atoms with E-state index in [4.69, 9.17) is 14.6 Å². The van der Waals surface area contributed by atoms with Crippen molar-refractivity contribution in [1.29, 1.82) is 0 Å². The van der Waals surface area contributed by atoms with Gasteiger partial charge in [0.1, 0.15) is 0 Å². The van der Waals surface area contributed by atoms with E-state index in [1.165, 1.54) is 39.1 Å². The van der Waals surface area contributed by atoms with Crippen LogP contribution in [0.1, 0.15) is 44.1 Å². The van der Waals surface area contributed by atoms with Crippen molar-refractivity contribution in [3.05, 3.63) is 41.7 Å². The second-order valence-electron chi connectivity index (χ2n) is 10.6. The molecule has 2 saturated carbocycles. The summed E-state index contributed by atoms with van der Waals surface area (Å²) in [7, 11) is 1.43. The summed E-state index contributed by atoms with van der Waals surface area (Å²) in [6.07, 6.45) is 11.2. The van der Waals surface area contributed by atoms with E-state index in [-0.39, 0.29) is 59.7 Å². The SMILES string of the molecule is COc1ccc(CNC(=O)[C@H]2[C@H](C(=O)NCCCCN3CCCC3)[C@H]3C=C[C@@H]2C32CC2)cc1F.O=CO. The third-order valence-corrected chi connectivity index (χ3v) is 8.53. The van der Waals surface area contributed by atoms with E-state index in [2.05, 4.69) is 27.7 Å². The Bertz CT molecular complexity index is 1010. The van der Waals surface area contributed by atoms with E-state index < -0.39 is 5.82 Å². The van der Waals surface area contributed by atoms with E-state index >= 15 is 0 Å². The lowest BCUT2D eigenvalue weighted by Crippen LogP contribution is -2.44. The number of amides is 2. The Labute approximate surface area is 217 Å². The molecule has 2 bridgehead atoms. The van der Waals surface area contributed by atoms with Gasteiger partial charge in [0.15, 0.2) is 11.6 Å². The third kappa shape index (κ3) is 5.81. The van der Waals surface area contributed by atoms with Crippen LogP contribution in [0.4, 0.5) is 4.39 Å². The van der Waals surface area contributed by atoms with Gasteiger partial charge >= 0.3 is 0 Å². The Balaban J connectivity index is 0.00000102. The Morgan fingerprint density at radius 2 is 1.73 bits per heavy atom. The zero-order valence-electron chi connectivity index (χ0n) is 21.5. The lowest BCUT2D eigenvalue weighted by molar-refractivity contribution is -0.135. The Kier molecular flexibility index (Phi) is 8.84. The molecule has 4 aliphatic rings. The standard InChI is InChI=1S/C27H36FN3O3.CH2O2/c1-34-22-9-6-18(16-21(22)28)17-30-26(33)24-20-8-7-19(27(20)10-11-27)23(24)25(32)29-12-2-3-13-31-14-4-5-15-31;2-1-3/h6-9,16,19-20,23-24H,2-5,10-15,17H2,1H3,(H,29,32)(H,30,33);1H,(H,2,3)/t19-,20+,23-,24-;/m1./s1. The first-order valence-electron chi connectivity index (χ1n) is 13.3. The summed E-state index contributed by atoms with van der Waals surface area (Å²) < 4.78 is 19.0. The molecule has 1 saturated heterocycles. The summed E-state index contributed by atoms with van der Waals surface area (Å²) in [4.78, 5) is 37.5. The summed E-state index contributed by atoms with van der Waals surface area (Å²) in [5, 5.41) is 13.0. The Hall–Kier alpha value is -2.94. The van der Waals surface area contributed by atoms with Gasteiger partial charge in [-0.25, -0.2) is 4.39 Å². The number of hydrogen-bond donors (Lipinski definition) is 3. The summed E-state index contributed by atoms with van der Waals surface area (Å²) in [6, 6.07) is 4.70. The molecule has 3 fully saturated rings. The van der Waals surface area contributed by atoms with Crippen molar-refractivity contribution < 1.29 is 28.6 Å². The number of carboxylic acid groups (broad SMARTS) is 1. The fourth-order valence-corrected chi connectivity index (χ4v) is 6.63. The number of methoxy groups -OCH3 is 1. The van der Waals surface area contributed by atoms with Crippen molar-refractivity contribution in [2.45, 2.75) is 45.1 Å². The number of benzene rings is 1. The summed E-state index contributed by atoms with van der Waals surface area (Å²) in [6.45, 7) is 4.15. The van der Waals surface area contributed by atoms with Crippen LogP contribution in [0.5, 0.6) is 5.75 Å². The highest BCUT2D eigenvalue weighted by molar-refractivity contribution is 5.90. The molecule has 8 nitrogen and oxygen atoms in total. The van der Waals surface area contributed by atoms with Gasteiger partial charge in [-0.15, -0.1) is 0 Å². The molecular formula is C28H38FN3O5. The predicted molar refractivity (Wildman–Crippen MR) is 136 cm³/mol. The fraction of sp³-hybridized carbons (Fsp3) is 0.607. The highest BCUT2D eigenvalue weighted by Crippen LogP contribution is 2.72. The van der Waals surface area contributed by atoms with Gasteiger partial charge in [0, 0.05) is 13.1 Å². The molecule has 1 aromatic carbocycles. The molecule has 2 amide bonds. The van der Waals surface area contributed by atoms with Crippen molar-refractivity contribution >= 4 is 18.3 Å². The summed E-state index contributed by atoms with van der Waals surface area (Å²) >= 11 is 0. The average molecular weight is 516 g/mol. The minimum atomic E-state index is -0.448. The number of carbonyl (C=O) groups is 3. The smallest absolute Gasteiger partial charge is 0.290 e. The zero-order valence-corrected chi connectivity index (χ0v) is 21.5. The molecular weight excluding hydrogens is 477 g/mol. The number of likely N-dealkylation sites (tertiary alicyclic amines) is 1. The number of hydrogen-bond acceptors (Lipinski definition) is 5. The maximum absolute atomic E-state index is 14.0. The van der Waals surface area contributed by atoms with Crippen LogP contribution in [0.25, 0.3) is 0 Å². The van der Waals surface area contributed by atoms with E-state index in [9.17, 15) is 14.0 Å². The second-order valence-corrected chi connectivity index (χ2v) is 10.6. The highest BCUT2D eigenvalue weighted by Gasteiger charge is 2.69. The molecule has 1 aromatic rings. The van der Waals surface area contributed by atoms with Gasteiger partial charge in [0.25, 0.3) is 6.47 Å². The molecule has 202 valence electrons. The van der Waals surface area contributed by atoms with Gasteiger partial charge in [0.2, 0.25) is 11.8 Å². The van der Waals surface area contributed by atoms with Gasteiger partial charge in [-0.2, -0.15) is 0 Å². The Morgan fingerprint density at radius 1 is 1.11 bits per heavy atom. The van der Waals surface area contributed by atoms with E-state index in [0.29, 0.717) is 12.1 Å². The molecule has 5 rings (SSSR count). The maximum Gasteiger partial charge on any atom is 0.290 e. The van der Waals surface area contributed by atoms with E-state index in [0.717, 1.165) is 32.2 Å². The van der Waals surface area contributed by atoms with Gasteiger partial charge in [-0.1, -0.05) is 18.2 Å². The average Bonchev–Trinajstić information content (AvgIpc) is 3.25. The minimum Gasteiger partial charge on any atom is -0.494 e. The number of rotatable bonds is 10. The highest BCUT2D eigenvalue weighted by atomic mass is 19.1. The summed E-state index contributed by atoms with van der Waals surface area (Å²) in [5.74, 6) is -0.758. The predicted octanol–water partition coefficient (Wildman–Crippen LogP) is 2.97. The van der Waals surface area contributed by atoms with Crippen molar-refractivity contribution in [3.63, 3.8) is 0 Å². The van der Waals surface area contributed by atoms with Gasteiger partial charge < -0.3 is 25.4 Å². The zero-order chi connectivity index (χ0) is 26.4. The van der Waals surface area contributed by atoms with Crippen molar-refractivity contribution in [2.24, 2.45) is 29.1 Å². The van der Waals surface area contributed by atoms with Crippen LogP contribution in [0.15, 0.2) is 30.4 Å². The molecule has 3 aliphatic carbocycles. The first-order valence-corrected chi connectivity index (χ1v) is 13.3. The van der Waals surface area contributed by atoms with E-state index in [1.54, 1.807) is 12.1 Å². The molecule has 4 atom stereocenters. The number of unbranched alkanes of at least 4 members (excludes halogenated alkanes) is 1. The maximum atomic E-state index is 14.0. The normalized spacial score (nSPS) is 26.4. The number of nitrogens with zero attached hydrogens (tertiary/aromatic N) is 1. The fourth-order valence-electron chi connectivity index (χ4n) is 6.63. The summed E-state index contributed by atoms with van der Waals surface area (Å²) in [5.41, 5.74) is 0.775. The quantitative estimate of drug-likeness (QED) is 0.251.